The first-order valence-corrected chi connectivity index (χ1v) is 8.61. The highest BCUT2D eigenvalue weighted by molar-refractivity contribution is 5.60. The number of rotatable bonds is 2. The van der Waals surface area contributed by atoms with Gasteiger partial charge in [0.15, 0.2) is 0 Å². The second-order valence-electron chi connectivity index (χ2n) is 7.64. The summed E-state index contributed by atoms with van der Waals surface area (Å²) in [6.07, 6.45) is 8.82. The van der Waals surface area contributed by atoms with Gasteiger partial charge in [-0.2, -0.15) is 0 Å². The summed E-state index contributed by atoms with van der Waals surface area (Å²) in [6, 6.07) is 13.4. The third-order valence-corrected chi connectivity index (χ3v) is 4.91. The van der Waals surface area contributed by atoms with Crippen LogP contribution < -0.4 is 0 Å². The smallest absolute Gasteiger partial charge is 0.0704 e. The van der Waals surface area contributed by atoms with E-state index in [0.717, 1.165) is 11.6 Å². The molecule has 1 fully saturated rings. The zero-order valence-corrected chi connectivity index (χ0v) is 14.1. The molecule has 1 aromatic heterocycles. The van der Waals surface area contributed by atoms with Gasteiger partial charge in [0.1, 0.15) is 0 Å². The Bertz CT molecular complexity index is 613. The molecular weight excluding hydrogens is 266 g/mol. The van der Waals surface area contributed by atoms with Crippen molar-refractivity contribution in [1.29, 1.82) is 0 Å². The van der Waals surface area contributed by atoms with Crippen LogP contribution in [0.1, 0.15) is 69.9 Å². The zero-order chi connectivity index (χ0) is 15.6. The first kappa shape index (κ1) is 15.3. The fourth-order valence-corrected chi connectivity index (χ4v) is 3.44. The molecule has 1 aliphatic carbocycles. The van der Waals surface area contributed by atoms with E-state index < -0.39 is 0 Å². The minimum absolute atomic E-state index is 0.204. The van der Waals surface area contributed by atoms with Crippen LogP contribution >= 0.6 is 0 Å². The van der Waals surface area contributed by atoms with E-state index in [-0.39, 0.29) is 5.41 Å². The van der Waals surface area contributed by atoms with E-state index in [9.17, 15) is 0 Å². The van der Waals surface area contributed by atoms with Crippen molar-refractivity contribution < 1.29 is 0 Å². The van der Waals surface area contributed by atoms with Crippen molar-refractivity contribution in [3.63, 3.8) is 0 Å². The average Bonchev–Trinajstić information content (AvgIpc) is 2.55. The monoisotopic (exact) mass is 293 g/mol. The highest BCUT2D eigenvalue weighted by atomic mass is 14.7. The van der Waals surface area contributed by atoms with Crippen LogP contribution in [-0.2, 0) is 5.41 Å². The Kier molecular flexibility index (Phi) is 4.33. The minimum atomic E-state index is 0.204. The van der Waals surface area contributed by atoms with Crippen molar-refractivity contribution in [1.82, 2.24) is 4.98 Å². The normalized spacial score (nSPS) is 16.7. The topological polar surface area (TPSA) is 12.9 Å². The first-order valence-electron chi connectivity index (χ1n) is 8.61. The van der Waals surface area contributed by atoms with Crippen molar-refractivity contribution in [2.45, 2.75) is 64.2 Å². The van der Waals surface area contributed by atoms with E-state index in [4.69, 9.17) is 0 Å². The molecule has 22 heavy (non-hydrogen) atoms. The fraction of sp³-hybridized carbons (Fsp3) is 0.476. The van der Waals surface area contributed by atoms with E-state index in [0.29, 0.717) is 0 Å². The molecule has 0 atom stereocenters. The number of nitrogens with zero attached hydrogens (tertiary/aromatic N) is 1. The van der Waals surface area contributed by atoms with Gasteiger partial charge in [-0.05, 0) is 47.4 Å². The van der Waals surface area contributed by atoms with Gasteiger partial charge in [0, 0.05) is 11.8 Å². The second kappa shape index (κ2) is 6.24. The van der Waals surface area contributed by atoms with E-state index in [1.54, 1.807) is 0 Å². The van der Waals surface area contributed by atoms with Crippen molar-refractivity contribution in [2.24, 2.45) is 0 Å². The first-order chi connectivity index (χ1) is 10.5. The predicted octanol–water partition coefficient (Wildman–Crippen LogP) is 6.09. The summed E-state index contributed by atoms with van der Waals surface area (Å²) in [5, 5.41) is 0. The van der Waals surface area contributed by atoms with Crippen LogP contribution in [0.2, 0.25) is 0 Å². The number of pyridine rings is 1. The highest BCUT2D eigenvalue weighted by Crippen LogP contribution is 2.34. The Labute approximate surface area is 134 Å². The van der Waals surface area contributed by atoms with E-state index in [1.165, 1.54) is 48.8 Å². The fourth-order valence-electron chi connectivity index (χ4n) is 3.44. The van der Waals surface area contributed by atoms with Crippen LogP contribution in [-0.4, -0.2) is 4.98 Å². The minimum Gasteiger partial charge on any atom is -0.256 e. The summed E-state index contributed by atoms with van der Waals surface area (Å²) in [7, 11) is 0. The predicted molar refractivity (Wildman–Crippen MR) is 94.2 cm³/mol. The van der Waals surface area contributed by atoms with Gasteiger partial charge in [-0.3, -0.25) is 4.98 Å². The molecule has 0 saturated heterocycles. The van der Waals surface area contributed by atoms with Crippen LogP contribution in [0.25, 0.3) is 11.3 Å². The molecule has 1 nitrogen and oxygen atoms in total. The summed E-state index contributed by atoms with van der Waals surface area (Å²) in [5.74, 6) is 0.740. The van der Waals surface area contributed by atoms with Gasteiger partial charge in [0.05, 0.1) is 5.69 Å². The lowest BCUT2D eigenvalue weighted by molar-refractivity contribution is 0.443. The van der Waals surface area contributed by atoms with Gasteiger partial charge in [-0.1, -0.05) is 64.3 Å². The van der Waals surface area contributed by atoms with Crippen molar-refractivity contribution in [3.8, 4) is 11.3 Å². The molecule has 0 bridgehead atoms. The van der Waals surface area contributed by atoms with Crippen molar-refractivity contribution in [3.05, 3.63) is 53.7 Å². The molecule has 0 unspecified atom stereocenters. The number of hydrogen-bond donors (Lipinski definition) is 0. The lowest BCUT2D eigenvalue weighted by Crippen LogP contribution is -2.10. The van der Waals surface area contributed by atoms with Gasteiger partial charge in [-0.15, -0.1) is 0 Å². The number of aromatic nitrogens is 1. The summed E-state index contributed by atoms with van der Waals surface area (Å²) in [5.41, 5.74) is 5.40. The van der Waals surface area contributed by atoms with Crippen LogP contribution in [0.3, 0.4) is 0 Å². The maximum absolute atomic E-state index is 4.60. The maximum atomic E-state index is 4.60. The summed E-state index contributed by atoms with van der Waals surface area (Å²) >= 11 is 0. The van der Waals surface area contributed by atoms with Crippen LogP contribution in [0.5, 0.6) is 0 Å². The number of hydrogen-bond acceptors (Lipinski definition) is 1. The maximum Gasteiger partial charge on any atom is 0.0704 e. The molecule has 0 aliphatic heterocycles. The van der Waals surface area contributed by atoms with Gasteiger partial charge < -0.3 is 0 Å². The molecule has 1 heterocycles. The molecular formula is C21H27N. The molecule has 0 amide bonds. The van der Waals surface area contributed by atoms with Gasteiger partial charge in [-0.25, -0.2) is 0 Å². The van der Waals surface area contributed by atoms with E-state index in [2.05, 4.69) is 62.2 Å². The van der Waals surface area contributed by atoms with Crippen LogP contribution in [0.15, 0.2) is 42.6 Å². The molecule has 0 N–H and O–H groups in total. The quantitative estimate of drug-likeness (QED) is 0.652. The molecule has 1 heteroatoms. The third-order valence-electron chi connectivity index (χ3n) is 4.91. The standard InChI is InChI=1S/C21H27N/c1-21(2,3)19-11-9-17(10-12-19)20-15-18(13-14-22-20)16-7-5-4-6-8-16/h9-16H,4-8H2,1-3H3. The Morgan fingerprint density at radius 2 is 1.59 bits per heavy atom. The second-order valence-corrected chi connectivity index (χ2v) is 7.64. The van der Waals surface area contributed by atoms with Gasteiger partial charge in [0.25, 0.3) is 0 Å². The molecule has 3 rings (SSSR count). The summed E-state index contributed by atoms with van der Waals surface area (Å²) in [6.45, 7) is 6.76. The SMILES string of the molecule is CC(C)(C)c1ccc(-c2cc(C3CCCCC3)ccn2)cc1. The van der Waals surface area contributed by atoms with Crippen LogP contribution in [0.4, 0.5) is 0 Å². The Morgan fingerprint density at radius 3 is 2.23 bits per heavy atom. The average molecular weight is 293 g/mol. The van der Waals surface area contributed by atoms with Gasteiger partial charge in [0.2, 0.25) is 0 Å². The Morgan fingerprint density at radius 1 is 0.909 bits per heavy atom. The van der Waals surface area contributed by atoms with E-state index in [1.807, 2.05) is 6.20 Å². The highest BCUT2D eigenvalue weighted by Gasteiger charge is 2.17. The molecule has 116 valence electrons. The molecule has 0 radical (unpaired) electrons. The van der Waals surface area contributed by atoms with Crippen LogP contribution in [0, 0.1) is 0 Å². The molecule has 1 aliphatic rings. The number of benzene rings is 1. The third kappa shape index (κ3) is 3.40. The lowest BCUT2D eigenvalue weighted by Gasteiger charge is -2.22. The Balaban J connectivity index is 1.85. The largest absolute Gasteiger partial charge is 0.256 e. The van der Waals surface area contributed by atoms with Crippen molar-refractivity contribution in [2.75, 3.05) is 0 Å². The molecule has 1 saturated carbocycles. The summed E-state index contributed by atoms with van der Waals surface area (Å²) in [4.78, 5) is 4.60. The Hall–Kier alpha value is -1.63. The van der Waals surface area contributed by atoms with Crippen molar-refractivity contribution >= 4 is 0 Å². The summed E-state index contributed by atoms with van der Waals surface area (Å²) < 4.78 is 0. The lowest BCUT2D eigenvalue weighted by atomic mass is 9.84. The molecule has 1 aromatic carbocycles. The van der Waals surface area contributed by atoms with Gasteiger partial charge >= 0.3 is 0 Å². The molecule has 2 aromatic rings. The molecule has 0 spiro atoms. The van der Waals surface area contributed by atoms with E-state index >= 15 is 0 Å². The zero-order valence-electron chi connectivity index (χ0n) is 14.1.